The number of ether oxygens (including phenoxy) is 2. The molecule has 0 aromatic rings. The summed E-state index contributed by atoms with van der Waals surface area (Å²) < 4.78 is 79.2. The van der Waals surface area contributed by atoms with E-state index >= 15 is 0 Å². The van der Waals surface area contributed by atoms with Crippen LogP contribution >= 0.6 is 20.6 Å². The molecule has 2 aliphatic rings. The summed E-state index contributed by atoms with van der Waals surface area (Å²) in [5.41, 5.74) is 0. The first-order valence-electron chi connectivity index (χ1n) is 8.00. The van der Waals surface area contributed by atoms with Crippen LogP contribution in [0.4, 0.5) is 0 Å². The predicted molar refractivity (Wildman–Crippen MR) is 103 cm³/mol. The van der Waals surface area contributed by atoms with E-state index in [4.69, 9.17) is 25.8 Å². The predicted octanol–water partition coefficient (Wildman–Crippen LogP) is 1.15. The second-order valence-electron chi connectivity index (χ2n) is 5.54. The van der Waals surface area contributed by atoms with Crippen LogP contribution in [0.25, 0.3) is 0 Å². The fourth-order valence-corrected chi connectivity index (χ4v) is 10.5. The summed E-state index contributed by atoms with van der Waals surface area (Å²) in [6.07, 6.45) is 0. The maximum Gasteiger partial charge on any atom is 0.406 e. The van der Waals surface area contributed by atoms with Crippen LogP contribution in [-0.2, 0) is 37.5 Å². The van der Waals surface area contributed by atoms with Crippen LogP contribution in [0.1, 0.15) is 13.8 Å². The van der Waals surface area contributed by atoms with Gasteiger partial charge in [0.1, 0.15) is 0 Å². The van der Waals surface area contributed by atoms with E-state index in [9.17, 15) is 16.8 Å². The second kappa shape index (κ2) is 10.2. The molecule has 0 radical (unpaired) electrons. The highest BCUT2D eigenvalue weighted by atomic mass is 32.3. The molecule has 2 heterocycles. The summed E-state index contributed by atoms with van der Waals surface area (Å²) >= 11 is 0. The van der Waals surface area contributed by atoms with Crippen molar-refractivity contribution < 1.29 is 42.7 Å². The Labute approximate surface area is 158 Å². The average Bonchev–Trinajstić information content (AvgIpc) is 2.54. The third kappa shape index (κ3) is 9.03. The van der Waals surface area contributed by atoms with Gasteiger partial charge in [-0.25, -0.2) is 0 Å². The first kappa shape index (κ1) is 24.4. The number of hydrogen-bond donors (Lipinski definition) is 2. The zero-order valence-electron chi connectivity index (χ0n) is 14.9. The monoisotopic (exact) mass is 460 g/mol. The fourth-order valence-electron chi connectivity index (χ4n) is 2.43. The molecule has 2 fully saturated rings. The lowest BCUT2D eigenvalue weighted by Gasteiger charge is -2.39. The topological polar surface area (TPSA) is 146 Å². The van der Waals surface area contributed by atoms with E-state index < -0.39 is 41.4 Å². The third-order valence-corrected chi connectivity index (χ3v) is 13.3. The van der Waals surface area contributed by atoms with E-state index in [0.29, 0.717) is 60.9 Å². The SMILES string of the molecule is CCS1(OS(=O)(=O)O)CCOCC1.CCS1(OS(=O)(=O)O)CCOCC1. The molecule has 2 saturated heterocycles. The first-order chi connectivity index (χ1) is 11.9. The normalized spacial score (nSPS) is 25.4. The molecular weight excluding hydrogens is 432 g/mol. The van der Waals surface area contributed by atoms with Crippen molar-refractivity contribution in [3.05, 3.63) is 0 Å². The van der Waals surface area contributed by atoms with E-state index in [1.54, 1.807) is 0 Å². The van der Waals surface area contributed by atoms with Crippen LogP contribution in [0.3, 0.4) is 0 Å². The molecule has 2 N–H and O–H groups in total. The maximum atomic E-state index is 10.6. The summed E-state index contributed by atoms with van der Waals surface area (Å²) in [5.74, 6) is 3.62. The average molecular weight is 461 g/mol. The van der Waals surface area contributed by atoms with E-state index in [-0.39, 0.29) is 0 Å². The summed E-state index contributed by atoms with van der Waals surface area (Å²) in [7, 11) is -11.9. The van der Waals surface area contributed by atoms with Gasteiger partial charge in [-0.1, -0.05) is 13.8 Å². The van der Waals surface area contributed by atoms with Crippen LogP contribution in [0.15, 0.2) is 0 Å². The van der Waals surface area contributed by atoms with Gasteiger partial charge in [-0.3, -0.25) is 9.11 Å². The van der Waals surface area contributed by atoms with Gasteiger partial charge in [0.25, 0.3) is 0 Å². The summed E-state index contributed by atoms with van der Waals surface area (Å²) in [6.45, 7) is 5.78. The molecule has 26 heavy (non-hydrogen) atoms. The van der Waals surface area contributed by atoms with E-state index in [1.807, 2.05) is 13.8 Å². The van der Waals surface area contributed by atoms with Gasteiger partial charge >= 0.3 is 20.8 Å². The molecule has 14 heteroatoms. The number of hydrogen-bond acceptors (Lipinski definition) is 8. The molecule has 0 saturated carbocycles. The highest BCUT2D eigenvalue weighted by Crippen LogP contribution is 2.51. The van der Waals surface area contributed by atoms with Gasteiger partial charge in [0, 0.05) is 23.0 Å². The number of rotatable bonds is 6. The lowest BCUT2D eigenvalue weighted by Crippen LogP contribution is -2.28. The molecular formula is C12H28O10S4. The van der Waals surface area contributed by atoms with Gasteiger partial charge in [0.2, 0.25) is 0 Å². The first-order valence-corrected chi connectivity index (χ1v) is 14.9. The lowest BCUT2D eigenvalue weighted by molar-refractivity contribution is 0.156. The Morgan fingerprint density at radius 2 is 1.00 bits per heavy atom. The molecule has 0 atom stereocenters. The molecule has 0 aromatic carbocycles. The highest BCUT2D eigenvalue weighted by Gasteiger charge is 2.32. The molecule has 0 unspecified atom stereocenters. The standard InChI is InChI=1S/2C6H14O5S2/c2*1-2-12(11-13(7,8)9)5-3-10-4-6-12/h2*2-6H2,1H3,(H,7,8,9). The minimum Gasteiger partial charge on any atom is -0.380 e. The zero-order chi connectivity index (χ0) is 19.9. The smallest absolute Gasteiger partial charge is 0.380 e. The maximum absolute atomic E-state index is 10.6. The van der Waals surface area contributed by atoms with Crippen LogP contribution in [-0.4, -0.2) is 86.9 Å². The Morgan fingerprint density at radius 1 is 0.731 bits per heavy atom. The molecule has 0 amide bonds. The van der Waals surface area contributed by atoms with E-state index in [1.165, 1.54) is 0 Å². The quantitative estimate of drug-likeness (QED) is 0.553. The van der Waals surface area contributed by atoms with Gasteiger partial charge in [0.15, 0.2) is 0 Å². The molecule has 0 bridgehead atoms. The Hall–Kier alpha value is 0.360. The van der Waals surface area contributed by atoms with Crippen molar-refractivity contribution in [3.63, 3.8) is 0 Å². The molecule has 0 spiro atoms. The summed E-state index contributed by atoms with van der Waals surface area (Å²) in [4.78, 5) is 0. The zero-order valence-corrected chi connectivity index (χ0v) is 18.1. The van der Waals surface area contributed by atoms with Gasteiger partial charge in [-0.05, 0) is 11.5 Å². The Morgan fingerprint density at radius 3 is 1.19 bits per heavy atom. The molecule has 2 aliphatic heterocycles. The van der Waals surface area contributed by atoms with Crippen molar-refractivity contribution in [2.75, 3.05) is 60.9 Å². The van der Waals surface area contributed by atoms with Crippen LogP contribution < -0.4 is 0 Å². The minimum absolute atomic E-state index is 0.513. The Bertz CT molecular complexity index is 564. The van der Waals surface area contributed by atoms with Crippen LogP contribution in [0.2, 0.25) is 0 Å². The summed E-state index contributed by atoms with van der Waals surface area (Å²) in [5, 5.41) is 0. The van der Waals surface area contributed by atoms with Gasteiger partial charge in [-0.15, -0.1) is 20.6 Å². The van der Waals surface area contributed by atoms with Crippen LogP contribution in [0, 0.1) is 0 Å². The minimum atomic E-state index is -4.31. The molecule has 160 valence electrons. The summed E-state index contributed by atoms with van der Waals surface area (Å²) in [6, 6.07) is 0. The second-order valence-corrected chi connectivity index (χ2v) is 15.0. The van der Waals surface area contributed by atoms with E-state index in [0.717, 1.165) is 0 Å². The molecule has 2 rings (SSSR count). The van der Waals surface area contributed by atoms with E-state index in [2.05, 4.69) is 0 Å². The van der Waals surface area contributed by atoms with Crippen molar-refractivity contribution in [2.24, 2.45) is 0 Å². The molecule has 0 aromatic heterocycles. The van der Waals surface area contributed by atoms with Crippen molar-refractivity contribution >= 4 is 41.4 Å². The van der Waals surface area contributed by atoms with Crippen molar-refractivity contribution in [1.29, 1.82) is 0 Å². The largest absolute Gasteiger partial charge is 0.406 e. The Balaban J connectivity index is 0.000000260. The molecule has 0 aliphatic carbocycles. The molecule has 10 nitrogen and oxygen atoms in total. The lowest BCUT2D eigenvalue weighted by atomic mass is 10.8. The van der Waals surface area contributed by atoms with Gasteiger partial charge < -0.3 is 9.47 Å². The third-order valence-electron chi connectivity index (χ3n) is 3.91. The Kier molecular flexibility index (Phi) is 9.60. The van der Waals surface area contributed by atoms with Gasteiger partial charge in [0.05, 0.1) is 26.4 Å². The van der Waals surface area contributed by atoms with Crippen molar-refractivity contribution in [1.82, 2.24) is 0 Å². The van der Waals surface area contributed by atoms with Crippen molar-refractivity contribution in [2.45, 2.75) is 13.8 Å². The highest BCUT2D eigenvalue weighted by molar-refractivity contribution is 8.33. The van der Waals surface area contributed by atoms with Crippen LogP contribution in [0.5, 0.6) is 0 Å². The van der Waals surface area contributed by atoms with Gasteiger partial charge in [-0.2, -0.15) is 24.1 Å². The fraction of sp³-hybridized carbons (Fsp3) is 1.00. The van der Waals surface area contributed by atoms with Crippen molar-refractivity contribution in [3.8, 4) is 0 Å².